The summed E-state index contributed by atoms with van der Waals surface area (Å²) in [4.78, 5) is 1.06. The van der Waals surface area contributed by atoms with E-state index in [4.69, 9.17) is 11.6 Å². The average molecular weight is 263 g/mol. The van der Waals surface area contributed by atoms with E-state index in [1.54, 1.807) is 6.08 Å². The van der Waals surface area contributed by atoms with Gasteiger partial charge in [-0.2, -0.15) is 0 Å². The normalized spacial score (nSPS) is 9.12. The average Bonchev–Trinajstić information content (AvgIpc) is 2.34. The van der Waals surface area contributed by atoms with Crippen LogP contribution in [0.2, 0.25) is 5.02 Å². The van der Waals surface area contributed by atoms with E-state index >= 15 is 0 Å². The Labute approximate surface area is 113 Å². The lowest BCUT2D eigenvalue weighted by Crippen LogP contribution is -1.70. The van der Waals surface area contributed by atoms with Gasteiger partial charge in [-0.1, -0.05) is 60.7 Å². The molecular formula is C15H15ClS. The van der Waals surface area contributed by atoms with Crippen LogP contribution < -0.4 is 0 Å². The standard InChI is InChI=1S/C8H7Cl.C7H8S/c1-2-7-5-3-4-6-8(7)9;1-6-4-2-3-5-7(6)8/h2-6H,1H2;2-5,8H,1H3. The van der Waals surface area contributed by atoms with Gasteiger partial charge in [-0.05, 0) is 30.2 Å². The second-order valence-corrected chi connectivity index (χ2v) is 4.40. The van der Waals surface area contributed by atoms with Gasteiger partial charge in [-0.25, -0.2) is 0 Å². The number of hydrogen-bond donors (Lipinski definition) is 1. The molecule has 2 rings (SSSR count). The zero-order valence-corrected chi connectivity index (χ0v) is 11.4. The van der Waals surface area contributed by atoms with Crippen molar-refractivity contribution in [3.05, 3.63) is 71.3 Å². The molecule has 0 bridgehead atoms. The molecule has 0 aliphatic rings. The lowest BCUT2D eigenvalue weighted by atomic mass is 10.2. The third kappa shape index (κ3) is 4.68. The summed E-state index contributed by atoms with van der Waals surface area (Å²) in [6, 6.07) is 15.6. The maximum atomic E-state index is 5.75. The van der Waals surface area contributed by atoms with Crippen molar-refractivity contribution in [2.45, 2.75) is 11.8 Å². The molecule has 0 aromatic heterocycles. The van der Waals surface area contributed by atoms with Gasteiger partial charge in [0.1, 0.15) is 0 Å². The van der Waals surface area contributed by atoms with Gasteiger partial charge in [0.05, 0.1) is 0 Å². The van der Waals surface area contributed by atoms with Gasteiger partial charge in [0.15, 0.2) is 0 Å². The first kappa shape index (κ1) is 13.9. The molecule has 0 aliphatic carbocycles. The molecule has 88 valence electrons. The molecule has 0 unspecified atom stereocenters. The highest BCUT2D eigenvalue weighted by Crippen LogP contribution is 2.14. The SMILES string of the molecule is C=Cc1ccccc1Cl.Cc1ccccc1S. The largest absolute Gasteiger partial charge is 0.143 e. The molecule has 0 spiro atoms. The number of rotatable bonds is 1. The molecule has 0 atom stereocenters. The fraction of sp³-hybridized carbons (Fsp3) is 0.0667. The van der Waals surface area contributed by atoms with Gasteiger partial charge in [0.2, 0.25) is 0 Å². The summed E-state index contributed by atoms with van der Waals surface area (Å²) in [5.74, 6) is 0. The Morgan fingerprint density at radius 1 is 1.06 bits per heavy atom. The van der Waals surface area contributed by atoms with Crippen molar-refractivity contribution in [3.63, 3.8) is 0 Å². The predicted octanol–water partition coefficient (Wildman–Crippen LogP) is 5.27. The van der Waals surface area contributed by atoms with Crippen LogP contribution in [0.25, 0.3) is 6.08 Å². The fourth-order valence-electron chi connectivity index (χ4n) is 1.20. The zero-order chi connectivity index (χ0) is 12.7. The number of aryl methyl sites for hydroxylation is 1. The highest BCUT2D eigenvalue weighted by molar-refractivity contribution is 7.80. The van der Waals surface area contributed by atoms with Gasteiger partial charge >= 0.3 is 0 Å². The number of benzene rings is 2. The van der Waals surface area contributed by atoms with E-state index in [1.807, 2.05) is 55.5 Å². The minimum Gasteiger partial charge on any atom is -0.143 e. The van der Waals surface area contributed by atoms with Gasteiger partial charge in [0, 0.05) is 9.92 Å². The van der Waals surface area contributed by atoms with Crippen LogP contribution in [0.4, 0.5) is 0 Å². The first-order chi connectivity index (χ1) is 8.15. The van der Waals surface area contributed by atoms with E-state index in [9.17, 15) is 0 Å². The van der Waals surface area contributed by atoms with E-state index < -0.39 is 0 Å². The summed E-state index contributed by atoms with van der Waals surface area (Å²) >= 11 is 9.95. The van der Waals surface area contributed by atoms with Crippen LogP contribution in [0.1, 0.15) is 11.1 Å². The molecule has 0 nitrogen and oxygen atoms in total. The highest BCUT2D eigenvalue weighted by atomic mass is 35.5. The van der Waals surface area contributed by atoms with Crippen LogP contribution in [0, 0.1) is 6.92 Å². The first-order valence-corrected chi connectivity index (χ1v) is 6.09. The number of thiol groups is 1. The number of hydrogen-bond acceptors (Lipinski definition) is 1. The summed E-state index contributed by atoms with van der Waals surface area (Å²) in [6.45, 7) is 5.65. The van der Waals surface area contributed by atoms with E-state index in [0.717, 1.165) is 15.5 Å². The Balaban J connectivity index is 0.000000171. The molecule has 2 heteroatoms. The molecule has 0 fully saturated rings. The van der Waals surface area contributed by atoms with E-state index in [2.05, 4.69) is 19.2 Å². The number of halogens is 1. The Kier molecular flexibility index (Phi) is 5.88. The molecule has 17 heavy (non-hydrogen) atoms. The Morgan fingerprint density at radius 2 is 1.65 bits per heavy atom. The smallest absolute Gasteiger partial charge is 0.0478 e. The maximum Gasteiger partial charge on any atom is 0.0478 e. The Hall–Kier alpha value is -1.18. The van der Waals surface area contributed by atoms with Crippen LogP contribution in [-0.4, -0.2) is 0 Å². The molecule has 0 amide bonds. The van der Waals surface area contributed by atoms with Crippen molar-refractivity contribution in [2.75, 3.05) is 0 Å². The van der Waals surface area contributed by atoms with E-state index in [0.29, 0.717) is 0 Å². The van der Waals surface area contributed by atoms with Crippen LogP contribution in [0.15, 0.2) is 60.0 Å². The van der Waals surface area contributed by atoms with Gasteiger partial charge in [0.25, 0.3) is 0 Å². The van der Waals surface area contributed by atoms with Crippen molar-refractivity contribution >= 4 is 30.3 Å². The summed E-state index contributed by atoms with van der Waals surface area (Å²) in [5, 5.41) is 0.757. The molecule has 0 saturated heterocycles. The minimum absolute atomic E-state index is 0.757. The lowest BCUT2D eigenvalue weighted by Gasteiger charge is -1.92. The minimum atomic E-state index is 0.757. The second-order valence-electron chi connectivity index (χ2n) is 3.51. The molecule has 0 radical (unpaired) electrons. The zero-order valence-electron chi connectivity index (χ0n) is 9.73. The highest BCUT2D eigenvalue weighted by Gasteiger charge is 1.89. The van der Waals surface area contributed by atoms with Crippen LogP contribution in [0.3, 0.4) is 0 Å². The fourth-order valence-corrected chi connectivity index (χ4v) is 1.58. The summed E-state index contributed by atoms with van der Waals surface area (Å²) in [6.07, 6.45) is 1.74. The van der Waals surface area contributed by atoms with Gasteiger partial charge < -0.3 is 0 Å². The lowest BCUT2D eigenvalue weighted by molar-refractivity contribution is 1.31. The molecular weight excluding hydrogens is 248 g/mol. The van der Waals surface area contributed by atoms with Gasteiger partial charge in [-0.3, -0.25) is 0 Å². The summed E-state index contributed by atoms with van der Waals surface area (Å²) in [5.41, 5.74) is 2.22. The topological polar surface area (TPSA) is 0 Å². The monoisotopic (exact) mass is 262 g/mol. The van der Waals surface area contributed by atoms with E-state index in [1.165, 1.54) is 5.56 Å². The molecule has 0 heterocycles. The van der Waals surface area contributed by atoms with Crippen molar-refractivity contribution in [2.24, 2.45) is 0 Å². The Bertz CT molecular complexity index is 471. The predicted molar refractivity (Wildman–Crippen MR) is 80.0 cm³/mol. The molecule has 2 aromatic carbocycles. The van der Waals surface area contributed by atoms with E-state index in [-0.39, 0.29) is 0 Å². The summed E-state index contributed by atoms with van der Waals surface area (Å²) < 4.78 is 0. The van der Waals surface area contributed by atoms with Crippen molar-refractivity contribution in [1.82, 2.24) is 0 Å². The van der Waals surface area contributed by atoms with Crippen molar-refractivity contribution in [1.29, 1.82) is 0 Å². The van der Waals surface area contributed by atoms with Crippen LogP contribution in [0.5, 0.6) is 0 Å². The maximum absolute atomic E-state index is 5.75. The van der Waals surface area contributed by atoms with Crippen LogP contribution >= 0.6 is 24.2 Å². The van der Waals surface area contributed by atoms with Crippen molar-refractivity contribution in [3.8, 4) is 0 Å². The Morgan fingerprint density at radius 3 is 2.06 bits per heavy atom. The summed E-state index contributed by atoms with van der Waals surface area (Å²) in [7, 11) is 0. The van der Waals surface area contributed by atoms with Crippen LogP contribution in [-0.2, 0) is 0 Å². The first-order valence-electron chi connectivity index (χ1n) is 5.26. The quantitative estimate of drug-likeness (QED) is 0.666. The van der Waals surface area contributed by atoms with Gasteiger partial charge in [-0.15, -0.1) is 12.6 Å². The molecule has 0 saturated carbocycles. The van der Waals surface area contributed by atoms with Crippen molar-refractivity contribution < 1.29 is 0 Å². The second kappa shape index (κ2) is 7.21. The third-order valence-corrected chi connectivity index (χ3v) is 3.09. The third-order valence-electron chi connectivity index (χ3n) is 2.24. The molecule has 0 N–H and O–H groups in total. The molecule has 2 aromatic rings. The molecule has 0 aliphatic heterocycles.